The highest BCUT2D eigenvalue weighted by molar-refractivity contribution is 5.76. The molecule has 2 rings (SSSR count). The van der Waals surface area contributed by atoms with Crippen molar-refractivity contribution in [1.82, 2.24) is 20.0 Å². The van der Waals surface area contributed by atoms with E-state index in [0.717, 1.165) is 19.5 Å². The molecule has 1 aliphatic rings. The van der Waals surface area contributed by atoms with E-state index in [9.17, 15) is 4.79 Å². The third-order valence-electron chi connectivity index (χ3n) is 3.30. The summed E-state index contributed by atoms with van der Waals surface area (Å²) in [6.45, 7) is 2.41. The van der Waals surface area contributed by atoms with E-state index in [1.165, 1.54) is 6.42 Å². The van der Waals surface area contributed by atoms with Gasteiger partial charge in [0.2, 0.25) is 5.91 Å². The van der Waals surface area contributed by atoms with E-state index in [4.69, 9.17) is 0 Å². The van der Waals surface area contributed by atoms with Gasteiger partial charge >= 0.3 is 0 Å². The van der Waals surface area contributed by atoms with Crippen LogP contribution < -0.4 is 5.32 Å². The standard InChI is InChI=1S/C12H20N4O/c1-13-11-4-2-7-15(10-11)12(17)5-9-16-8-3-6-14-16/h3,6,8,11,13H,2,4-5,7,9-10H2,1H3. The van der Waals surface area contributed by atoms with Crippen LogP contribution in [0.4, 0.5) is 0 Å². The lowest BCUT2D eigenvalue weighted by atomic mass is 10.1. The molecule has 1 saturated heterocycles. The first-order valence-corrected chi connectivity index (χ1v) is 6.22. The van der Waals surface area contributed by atoms with Crippen LogP contribution >= 0.6 is 0 Å². The summed E-state index contributed by atoms with van der Waals surface area (Å²) in [4.78, 5) is 14.0. The lowest BCUT2D eigenvalue weighted by Crippen LogP contribution is -2.47. The minimum Gasteiger partial charge on any atom is -0.341 e. The molecular weight excluding hydrogens is 216 g/mol. The summed E-state index contributed by atoms with van der Waals surface area (Å²) >= 11 is 0. The van der Waals surface area contributed by atoms with Crippen LogP contribution in [0, 0.1) is 0 Å². The van der Waals surface area contributed by atoms with E-state index in [2.05, 4.69) is 10.4 Å². The number of aromatic nitrogens is 2. The summed E-state index contributed by atoms with van der Waals surface area (Å²) < 4.78 is 1.80. The van der Waals surface area contributed by atoms with Crippen LogP contribution in [0.25, 0.3) is 0 Å². The molecule has 1 fully saturated rings. The molecule has 1 amide bonds. The molecule has 5 nitrogen and oxygen atoms in total. The van der Waals surface area contributed by atoms with Crippen molar-refractivity contribution >= 4 is 5.91 Å². The second-order valence-corrected chi connectivity index (χ2v) is 4.49. The SMILES string of the molecule is CNC1CCCN(C(=O)CCn2cccn2)C1. The summed E-state index contributed by atoms with van der Waals surface area (Å²) in [5.41, 5.74) is 0. The predicted molar refractivity (Wildman–Crippen MR) is 65.5 cm³/mol. The number of piperidine rings is 1. The van der Waals surface area contributed by atoms with Gasteiger partial charge in [0, 0.05) is 44.5 Å². The van der Waals surface area contributed by atoms with Gasteiger partial charge in [0.1, 0.15) is 0 Å². The van der Waals surface area contributed by atoms with Gasteiger partial charge in [-0.1, -0.05) is 0 Å². The zero-order valence-corrected chi connectivity index (χ0v) is 10.3. The van der Waals surface area contributed by atoms with Crippen molar-refractivity contribution in [2.45, 2.75) is 31.8 Å². The highest BCUT2D eigenvalue weighted by atomic mass is 16.2. The summed E-state index contributed by atoms with van der Waals surface area (Å²) in [5, 5.41) is 7.35. The second-order valence-electron chi connectivity index (χ2n) is 4.49. The van der Waals surface area contributed by atoms with Crippen LogP contribution in [0.1, 0.15) is 19.3 Å². The Morgan fingerprint density at radius 1 is 1.59 bits per heavy atom. The molecule has 94 valence electrons. The fourth-order valence-corrected chi connectivity index (χ4v) is 2.24. The lowest BCUT2D eigenvalue weighted by molar-refractivity contribution is -0.132. The van der Waals surface area contributed by atoms with Crippen LogP contribution in [-0.2, 0) is 11.3 Å². The molecule has 1 unspecified atom stereocenters. The maximum atomic E-state index is 12.0. The summed E-state index contributed by atoms with van der Waals surface area (Å²) in [6, 6.07) is 2.33. The topological polar surface area (TPSA) is 50.2 Å². The molecule has 17 heavy (non-hydrogen) atoms. The van der Waals surface area contributed by atoms with Crippen LogP contribution in [0.3, 0.4) is 0 Å². The minimum absolute atomic E-state index is 0.237. The number of nitrogens with one attached hydrogen (secondary N) is 1. The van der Waals surface area contributed by atoms with Gasteiger partial charge in [-0.25, -0.2) is 0 Å². The molecule has 5 heteroatoms. The average Bonchev–Trinajstić information content (AvgIpc) is 2.89. The largest absolute Gasteiger partial charge is 0.341 e. The number of likely N-dealkylation sites (tertiary alicyclic amines) is 1. The molecule has 0 spiro atoms. The molecule has 0 saturated carbocycles. The molecule has 0 aromatic carbocycles. The Bertz CT molecular complexity index is 349. The molecule has 0 bridgehead atoms. The van der Waals surface area contributed by atoms with E-state index < -0.39 is 0 Å². The molecule has 1 aromatic rings. The van der Waals surface area contributed by atoms with Crippen molar-refractivity contribution in [3.63, 3.8) is 0 Å². The summed E-state index contributed by atoms with van der Waals surface area (Å²) in [6.07, 6.45) is 6.43. The summed E-state index contributed by atoms with van der Waals surface area (Å²) in [5.74, 6) is 0.237. The number of carbonyl (C=O) groups excluding carboxylic acids is 1. The van der Waals surface area contributed by atoms with E-state index >= 15 is 0 Å². The van der Waals surface area contributed by atoms with Crippen molar-refractivity contribution in [1.29, 1.82) is 0 Å². The second kappa shape index (κ2) is 5.82. The van der Waals surface area contributed by atoms with Crippen LogP contribution in [0.15, 0.2) is 18.5 Å². The Morgan fingerprint density at radius 2 is 2.47 bits per heavy atom. The Hall–Kier alpha value is -1.36. The number of likely N-dealkylation sites (N-methyl/N-ethyl adjacent to an activating group) is 1. The molecular formula is C12H20N4O. The minimum atomic E-state index is 0.237. The van der Waals surface area contributed by atoms with E-state index in [1.54, 1.807) is 10.9 Å². The zero-order valence-electron chi connectivity index (χ0n) is 10.3. The Labute approximate surface area is 102 Å². The number of amides is 1. The van der Waals surface area contributed by atoms with Crippen molar-refractivity contribution in [2.75, 3.05) is 20.1 Å². The van der Waals surface area contributed by atoms with E-state index in [1.807, 2.05) is 24.2 Å². The zero-order chi connectivity index (χ0) is 12.1. The monoisotopic (exact) mass is 236 g/mol. The van der Waals surface area contributed by atoms with Crippen molar-refractivity contribution in [2.24, 2.45) is 0 Å². The molecule has 1 aliphatic heterocycles. The molecule has 1 aromatic heterocycles. The number of aryl methyl sites for hydroxylation is 1. The molecule has 0 radical (unpaired) electrons. The average molecular weight is 236 g/mol. The van der Waals surface area contributed by atoms with Gasteiger partial charge in [-0.05, 0) is 26.0 Å². The first kappa shape index (κ1) is 12.1. The van der Waals surface area contributed by atoms with Crippen LogP contribution in [0.2, 0.25) is 0 Å². The van der Waals surface area contributed by atoms with Crippen molar-refractivity contribution in [3.8, 4) is 0 Å². The molecule has 0 aliphatic carbocycles. The first-order chi connectivity index (χ1) is 8.29. The third kappa shape index (κ3) is 3.30. The van der Waals surface area contributed by atoms with Gasteiger partial charge in [-0.3, -0.25) is 9.48 Å². The Balaban J connectivity index is 1.79. The molecule has 2 heterocycles. The number of carbonyl (C=O) groups is 1. The van der Waals surface area contributed by atoms with Crippen molar-refractivity contribution in [3.05, 3.63) is 18.5 Å². The van der Waals surface area contributed by atoms with Crippen molar-refractivity contribution < 1.29 is 4.79 Å². The number of hydrogen-bond acceptors (Lipinski definition) is 3. The van der Waals surface area contributed by atoms with Gasteiger partial charge in [-0.2, -0.15) is 5.10 Å². The van der Waals surface area contributed by atoms with Crippen LogP contribution in [0.5, 0.6) is 0 Å². The smallest absolute Gasteiger partial charge is 0.224 e. The van der Waals surface area contributed by atoms with Gasteiger partial charge in [-0.15, -0.1) is 0 Å². The fourth-order valence-electron chi connectivity index (χ4n) is 2.24. The normalized spacial score (nSPS) is 20.5. The summed E-state index contributed by atoms with van der Waals surface area (Å²) in [7, 11) is 1.96. The fraction of sp³-hybridized carbons (Fsp3) is 0.667. The third-order valence-corrected chi connectivity index (χ3v) is 3.30. The lowest BCUT2D eigenvalue weighted by Gasteiger charge is -2.32. The highest BCUT2D eigenvalue weighted by Gasteiger charge is 2.21. The molecule has 1 atom stereocenters. The Kier molecular flexibility index (Phi) is 4.14. The van der Waals surface area contributed by atoms with Gasteiger partial charge in [0.25, 0.3) is 0 Å². The van der Waals surface area contributed by atoms with E-state index in [-0.39, 0.29) is 5.91 Å². The Morgan fingerprint density at radius 3 is 3.18 bits per heavy atom. The van der Waals surface area contributed by atoms with Gasteiger partial charge < -0.3 is 10.2 Å². The quantitative estimate of drug-likeness (QED) is 0.827. The van der Waals surface area contributed by atoms with Gasteiger partial charge in [0.15, 0.2) is 0 Å². The maximum absolute atomic E-state index is 12.0. The number of rotatable bonds is 4. The van der Waals surface area contributed by atoms with Crippen LogP contribution in [-0.4, -0.2) is 46.8 Å². The van der Waals surface area contributed by atoms with Gasteiger partial charge in [0.05, 0.1) is 0 Å². The molecule has 1 N–H and O–H groups in total. The predicted octanol–water partition coefficient (Wildman–Crippen LogP) is 0.484. The number of nitrogens with zero attached hydrogens (tertiary/aromatic N) is 3. The highest BCUT2D eigenvalue weighted by Crippen LogP contribution is 2.11. The van der Waals surface area contributed by atoms with E-state index in [0.29, 0.717) is 19.0 Å². The number of hydrogen-bond donors (Lipinski definition) is 1. The first-order valence-electron chi connectivity index (χ1n) is 6.22. The maximum Gasteiger partial charge on any atom is 0.224 e.